The molecule has 0 atom stereocenters. The summed E-state index contributed by atoms with van der Waals surface area (Å²) in [5, 5.41) is 5.92. The van der Waals surface area contributed by atoms with Gasteiger partial charge in [-0.15, -0.1) is 0 Å². The molecule has 9 aromatic rings. The van der Waals surface area contributed by atoms with E-state index in [1.54, 1.807) is 6.20 Å². The van der Waals surface area contributed by atoms with E-state index in [4.69, 9.17) is 9.97 Å². The van der Waals surface area contributed by atoms with Crippen molar-refractivity contribution in [3.8, 4) is 28.2 Å². The van der Waals surface area contributed by atoms with Crippen molar-refractivity contribution in [2.24, 2.45) is 0 Å². The first-order chi connectivity index (χ1) is 21.3. The van der Waals surface area contributed by atoms with Crippen molar-refractivity contribution in [2.75, 3.05) is 0 Å². The monoisotopic (exact) mass is 548 g/mol. The zero-order valence-corrected chi connectivity index (χ0v) is 23.1. The van der Waals surface area contributed by atoms with Crippen LogP contribution in [0.15, 0.2) is 146 Å². The highest BCUT2D eigenvalue weighted by Gasteiger charge is 2.20. The van der Waals surface area contributed by atoms with Gasteiger partial charge in [0.05, 0.1) is 39.0 Å². The Labute approximate surface area is 247 Å². The van der Waals surface area contributed by atoms with Gasteiger partial charge in [-0.2, -0.15) is 0 Å². The van der Waals surface area contributed by atoms with E-state index >= 15 is 0 Å². The minimum atomic E-state index is 0.888. The second-order valence-corrected chi connectivity index (χ2v) is 10.9. The Morgan fingerprint density at radius 2 is 1.23 bits per heavy atom. The molecule has 0 unspecified atom stereocenters. The molecule has 0 amide bonds. The van der Waals surface area contributed by atoms with Crippen LogP contribution in [0.2, 0.25) is 0 Å². The molecule has 4 heteroatoms. The molecule has 0 aliphatic carbocycles. The van der Waals surface area contributed by atoms with Crippen molar-refractivity contribution in [3.05, 3.63) is 146 Å². The molecule has 9 rings (SSSR count). The summed E-state index contributed by atoms with van der Waals surface area (Å²) in [6.45, 7) is 0. The average molecular weight is 549 g/mol. The molecule has 43 heavy (non-hydrogen) atoms. The van der Waals surface area contributed by atoms with Crippen LogP contribution in [0.1, 0.15) is 0 Å². The fourth-order valence-electron chi connectivity index (χ4n) is 6.49. The minimum absolute atomic E-state index is 0.888. The van der Waals surface area contributed by atoms with E-state index in [1.807, 2.05) is 18.2 Å². The molecule has 4 aromatic heterocycles. The zero-order valence-electron chi connectivity index (χ0n) is 23.1. The third kappa shape index (κ3) is 3.67. The Balaban J connectivity index is 1.41. The first-order valence-corrected chi connectivity index (χ1v) is 14.5. The van der Waals surface area contributed by atoms with Gasteiger partial charge < -0.3 is 4.57 Å². The van der Waals surface area contributed by atoms with Gasteiger partial charge in [0.2, 0.25) is 0 Å². The van der Waals surface area contributed by atoms with Crippen LogP contribution < -0.4 is 0 Å². The maximum Gasteiger partial charge on any atom is 0.0894 e. The summed E-state index contributed by atoms with van der Waals surface area (Å²) < 4.78 is 2.40. The van der Waals surface area contributed by atoms with Crippen molar-refractivity contribution in [3.63, 3.8) is 0 Å². The Morgan fingerprint density at radius 3 is 2.16 bits per heavy atom. The first kappa shape index (κ1) is 23.8. The number of fused-ring (bicyclic) bond motifs is 8. The highest BCUT2D eigenvalue weighted by Crippen LogP contribution is 2.42. The predicted molar refractivity (Wildman–Crippen MR) is 178 cm³/mol. The van der Waals surface area contributed by atoms with Gasteiger partial charge in [-0.25, -0.2) is 9.97 Å². The molecule has 0 aliphatic rings. The normalized spacial score (nSPS) is 11.7. The molecular weight excluding hydrogens is 524 g/mol. The van der Waals surface area contributed by atoms with E-state index in [1.165, 1.54) is 16.2 Å². The Kier molecular flexibility index (Phi) is 5.16. The van der Waals surface area contributed by atoms with E-state index in [0.717, 1.165) is 66.6 Å². The largest absolute Gasteiger partial charge is 0.309 e. The quantitative estimate of drug-likeness (QED) is 0.206. The number of benzene rings is 5. The van der Waals surface area contributed by atoms with Gasteiger partial charge in [0.25, 0.3) is 0 Å². The van der Waals surface area contributed by atoms with Gasteiger partial charge in [0.1, 0.15) is 0 Å². The highest BCUT2D eigenvalue weighted by atomic mass is 15.0. The SMILES string of the molecule is c1ccc(-c2nc3ccccc3c3ccc4c5ccccc5n(-c5cccc(-c6ccc7ncccc7n6)c5)c4c23)cc1. The number of hydrogen-bond acceptors (Lipinski definition) is 3. The van der Waals surface area contributed by atoms with Crippen LogP contribution in [-0.4, -0.2) is 19.5 Å². The van der Waals surface area contributed by atoms with Crippen molar-refractivity contribution < 1.29 is 0 Å². The lowest BCUT2D eigenvalue weighted by molar-refractivity contribution is 1.18. The van der Waals surface area contributed by atoms with Crippen LogP contribution in [0.25, 0.3) is 82.7 Å². The van der Waals surface area contributed by atoms with Gasteiger partial charge in [0, 0.05) is 44.6 Å². The molecule has 4 heterocycles. The second kappa shape index (κ2) is 9.33. The number of aromatic nitrogens is 4. The maximum absolute atomic E-state index is 5.29. The molecule has 0 fully saturated rings. The van der Waals surface area contributed by atoms with Crippen molar-refractivity contribution >= 4 is 54.5 Å². The van der Waals surface area contributed by atoms with E-state index in [2.05, 4.69) is 131 Å². The molecule has 200 valence electrons. The van der Waals surface area contributed by atoms with Crippen LogP contribution >= 0.6 is 0 Å². The third-order valence-electron chi connectivity index (χ3n) is 8.40. The summed E-state index contributed by atoms with van der Waals surface area (Å²) in [4.78, 5) is 14.7. The summed E-state index contributed by atoms with van der Waals surface area (Å²) in [6, 6.07) is 48.9. The van der Waals surface area contributed by atoms with E-state index in [0.29, 0.717) is 0 Å². The maximum atomic E-state index is 5.29. The number of para-hydroxylation sites is 2. The molecule has 0 N–H and O–H groups in total. The summed E-state index contributed by atoms with van der Waals surface area (Å²) in [7, 11) is 0. The fraction of sp³-hybridized carbons (Fsp3) is 0. The average Bonchev–Trinajstić information content (AvgIpc) is 3.43. The van der Waals surface area contributed by atoms with Crippen LogP contribution in [0.4, 0.5) is 0 Å². The molecule has 5 aromatic carbocycles. The fourth-order valence-corrected chi connectivity index (χ4v) is 6.49. The standard InChI is InChI=1S/C39H24N4/c1-2-10-25(11-3-1)38-37-30(28-14-4-6-16-33(28)42-38)19-20-31-29-15-5-7-18-36(29)43(39(31)37)27-13-8-12-26(24-27)32-21-22-34-35(41-32)17-9-23-40-34/h1-24H. The van der Waals surface area contributed by atoms with Crippen LogP contribution in [0.3, 0.4) is 0 Å². The predicted octanol–water partition coefficient (Wildman–Crippen LogP) is 9.76. The molecule has 4 nitrogen and oxygen atoms in total. The van der Waals surface area contributed by atoms with Gasteiger partial charge in [-0.3, -0.25) is 4.98 Å². The van der Waals surface area contributed by atoms with E-state index < -0.39 is 0 Å². The smallest absolute Gasteiger partial charge is 0.0894 e. The third-order valence-corrected chi connectivity index (χ3v) is 8.40. The highest BCUT2D eigenvalue weighted by molar-refractivity contribution is 6.25. The van der Waals surface area contributed by atoms with Crippen molar-refractivity contribution in [1.82, 2.24) is 19.5 Å². The summed E-state index contributed by atoms with van der Waals surface area (Å²) in [5.41, 5.74) is 10.2. The van der Waals surface area contributed by atoms with Crippen LogP contribution in [0.5, 0.6) is 0 Å². The number of pyridine rings is 3. The Morgan fingerprint density at radius 1 is 0.465 bits per heavy atom. The lowest BCUT2D eigenvalue weighted by Gasteiger charge is -2.15. The van der Waals surface area contributed by atoms with Crippen molar-refractivity contribution in [1.29, 1.82) is 0 Å². The summed E-state index contributed by atoms with van der Waals surface area (Å²) in [6.07, 6.45) is 1.80. The number of rotatable bonds is 3. The molecule has 0 saturated heterocycles. The molecular formula is C39H24N4. The lowest BCUT2D eigenvalue weighted by atomic mass is 9.97. The van der Waals surface area contributed by atoms with Gasteiger partial charge in [0.15, 0.2) is 0 Å². The molecule has 0 radical (unpaired) electrons. The van der Waals surface area contributed by atoms with Gasteiger partial charge >= 0.3 is 0 Å². The van der Waals surface area contributed by atoms with Crippen LogP contribution in [0, 0.1) is 0 Å². The van der Waals surface area contributed by atoms with Crippen LogP contribution in [-0.2, 0) is 0 Å². The van der Waals surface area contributed by atoms with Gasteiger partial charge in [-0.05, 0) is 53.9 Å². The summed E-state index contributed by atoms with van der Waals surface area (Å²) in [5.74, 6) is 0. The van der Waals surface area contributed by atoms with Gasteiger partial charge in [-0.1, -0.05) is 91.0 Å². The minimum Gasteiger partial charge on any atom is -0.309 e. The molecule has 0 aliphatic heterocycles. The zero-order chi connectivity index (χ0) is 28.3. The van der Waals surface area contributed by atoms with Crippen molar-refractivity contribution in [2.45, 2.75) is 0 Å². The molecule has 0 spiro atoms. The van der Waals surface area contributed by atoms with E-state index in [-0.39, 0.29) is 0 Å². The lowest BCUT2D eigenvalue weighted by Crippen LogP contribution is -1.98. The Bertz CT molecular complexity index is 2510. The molecule has 0 saturated carbocycles. The summed E-state index contributed by atoms with van der Waals surface area (Å²) >= 11 is 0. The first-order valence-electron chi connectivity index (χ1n) is 14.5. The number of nitrogens with zero attached hydrogens (tertiary/aromatic N) is 4. The number of hydrogen-bond donors (Lipinski definition) is 0. The van der Waals surface area contributed by atoms with E-state index in [9.17, 15) is 0 Å². The second-order valence-electron chi connectivity index (χ2n) is 10.9. The topological polar surface area (TPSA) is 43.6 Å². The Hall–Kier alpha value is -5.87. The molecule has 0 bridgehead atoms.